The van der Waals surface area contributed by atoms with Gasteiger partial charge in [0.05, 0.1) is 9.16 Å². The average molecular weight is 344 g/mol. The van der Waals surface area contributed by atoms with Crippen molar-refractivity contribution < 1.29 is 4.74 Å². The Hall–Kier alpha value is -0.510. The highest BCUT2D eigenvalue weighted by Gasteiger charge is 2.21. The SMILES string of the molecule is CC1Cc2cc(C(Cl)c3csc(Br)c3)ccc2O1. The van der Waals surface area contributed by atoms with Crippen LogP contribution in [0.25, 0.3) is 0 Å². The third kappa shape index (κ3) is 2.31. The fourth-order valence-corrected chi connectivity index (χ4v) is 3.79. The van der Waals surface area contributed by atoms with Gasteiger partial charge in [-0.15, -0.1) is 22.9 Å². The Bertz CT molecular complexity index is 581. The third-order valence-electron chi connectivity index (χ3n) is 3.09. The van der Waals surface area contributed by atoms with Gasteiger partial charge in [0.15, 0.2) is 0 Å². The largest absolute Gasteiger partial charge is 0.490 e. The van der Waals surface area contributed by atoms with Gasteiger partial charge in [0.1, 0.15) is 11.9 Å². The van der Waals surface area contributed by atoms with Crippen molar-refractivity contribution in [2.45, 2.75) is 24.8 Å². The van der Waals surface area contributed by atoms with Crippen LogP contribution in [0.15, 0.2) is 33.4 Å². The Morgan fingerprint density at radius 1 is 1.39 bits per heavy atom. The number of halogens is 2. The predicted molar refractivity (Wildman–Crippen MR) is 80.0 cm³/mol. The second-order valence-electron chi connectivity index (χ2n) is 4.55. The molecule has 3 rings (SSSR count). The minimum Gasteiger partial charge on any atom is -0.490 e. The molecule has 2 unspecified atom stereocenters. The molecule has 4 heteroatoms. The van der Waals surface area contributed by atoms with E-state index in [2.05, 4.69) is 46.4 Å². The van der Waals surface area contributed by atoms with E-state index in [9.17, 15) is 0 Å². The van der Waals surface area contributed by atoms with E-state index in [1.165, 1.54) is 5.56 Å². The van der Waals surface area contributed by atoms with Gasteiger partial charge in [0, 0.05) is 6.42 Å². The number of hydrogen-bond acceptors (Lipinski definition) is 2. The van der Waals surface area contributed by atoms with Crippen LogP contribution in [0.2, 0.25) is 0 Å². The number of ether oxygens (including phenoxy) is 1. The first-order valence-electron chi connectivity index (χ1n) is 5.81. The standard InChI is InChI=1S/C14H12BrClOS/c1-8-4-10-5-9(2-3-12(10)17-8)14(16)11-6-13(15)18-7-11/h2-3,5-8,14H,4H2,1H3. The first-order valence-corrected chi connectivity index (χ1v) is 7.92. The van der Waals surface area contributed by atoms with Crippen LogP contribution in [-0.4, -0.2) is 6.10 Å². The van der Waals surface area contributed by atoms with Crippen molar-refractivity contribution in [1.82, 2.24) is 0 Å². The van der Waals surface area contributed by atoms with E-state index in [1.54, 1.807) is 11.3 Å². The molecule has 0 saturated heterocycles. The molecule has 0 N–H and O–H groups in total. The fourth-order valence-electron chi connectivity index (χ4n) is 2.25. The summed E-state index contributed by atoms with van der Waals surface area (Å²) in [5.74, 6) is 1.00. The highest BCUT2D eigenvalue weighted by Crippen LogP contribution is 2.37. The van der Waals surface area contributed by atoms with Gasteiger partial charge in [-0.3, -0.25) is 0 Å². The molecule has 2 atom stereocenters. The average Bonchev–Trinajstić information content (AvgIpc) is 2.92. The number of thiophene rings is 1. The topological polar surface area (TPSA) is 9.23 Å². The number of rotatable bonds is 2. The molecule has 2 heterocycles. The Morgan fingerprint density at radius 2 is 2.22 bits per heavy atom. The van der Waals surface area contributed by atoms with E-state index in [1.807, 2.05) is 6.07 Å². The lowest BCUT2D eigenvalue weighted by atomic mass is 10.0. The van der Waals surface area contributed by atoms with Gasteiger partial charge in [-0.05, 0) is 57.1 Å². The van der Waals surface area contributed by atoms with Crippen LogP contribution in [-0.2, 0) is 6.42 Å². The molecule has 0 radical (unpaired) electrons. The first kappa shape index (κ1) is 12.5. The van der Waals surface area contributed by atoms with E-state index in [4.69, 9.17) is 16.3 Å². The van der Waals surface area contributed by atoms with Gasteiger partial charge in [0.25, 0.3) is 0 Å². The lowest BCUT2D eigenvalue weighted by Gasteiger charge is -2.09. The monoisotopic (exact) mass is 342 g/mol. The van der Waals surface area contributed by atoms with Crippen LogP contribution in [0.3, 0.4) is 0 Å². The molecule has 94 valence electrons. The molecule has 0 amide bonds. The van der Waals surface area contributed by atoms with E-state index in [0.717, 1.165) is 27.1 Å². The van der Waals surface area contributed by atoms with Crippen LogP contribution in [0, 0.1) is 0 Å². The van der Waals surface area contributed by atoms with Crippen molar-refractivity contribution in [3.63, 3.8) is 0 Å². The van der Waals surface area contributed by atoms with Crippen LogP contribution in [0.4, 0.5) is 0 Å². The van der Waals surface area contributed by atoms with Crippen molar-refractivity contribution in [2.75, 3.05) is 0 Å². The van der Waals surface area contributed by atoms with Crippen molar-refractivity contribution in [1.29, 1.82) is 0 Å². The number of hydrogen-bond donors (Lipinski definition) is 0. The summed E-state index contributed by atoms with van der Waals surface area (Å²) in [7, 11) is 0. The summed E-state index contributed by atoms with van der Waals surface area (Å²) in [6, 6.07) is 8.34. The molecule has 0 spiro atoms. The second kappa shape index (κ2) is 4.87. The highest BCUT2D eigenvalue weighted by molar-refractivity contribution is 9.11. The quantitative estimate of drug-likeness (QED) is 0.684. The maximum absolute atomic E-state index is 6.53. The molecule has 0 aliphatic carbocycles. The van der Waals surface area contributed by atoms with Crippen LogP contribution < -0.4 is 4.74 Å². The number of fused-ring (bicyclic) bond motifs is 1. The number of alkyl halides is 1. The molecule has 0 fully saturated rings. The van der Waals surface area contributed by atoms with E-state index < -0.39 is 0 Å². The van der Waals surface area contributed by atoms with Crippen molar-refractivity contribution in [3.05, 3.63) is 50.1 Å². The molecule has 0 bridgehead atoms. The van der Waals surface area contributed by atoms with Crippen LogP contribution in [0.5, 0.6) is 5.75 Å². The molecule has 18 heavy (non-hydrogen) atoms. The first-order chi connectivity index (χ1) is 8.63. The van der Waals surface area contributed by atoms with Crippen LogP contribution >= 0.6 is 38.9 Å². The Kier molecular flexibility index (Phi) is 3.39. The summed E-state index contributed by atoms with van der Waals surface area (Å²) >= 11 is 11.7. The van der Waals surface area contributed by atoms with Crippen molar-refractivity contribution in [3.8, 4) is 5.75 Å². The molecule has 1 aromatic carbocycles. The van der Waals surface area contributed by atoms with Crippen molar-refractivity contribution >= 4 is 38.9 Å². The van der Waals surface area contributed by atoms with Gasteiger partial charge >= 0.3 is 0 Å². The Labute approximate surface area is 124 Å². The molecule has 1 aliphatic rings. The summed E-state index contributed by atoms with van der Waals surface area (Å²) in [4.78, 5) is 0. The zero-order valence-corrected chi connectivity index (χ0v) is 13.0. The van der Waals surface area contributed by atoms with E-state index in [0.29, 0.717) is 0 Å². The summed E-state index contributed by atoms with van der Waals surface area (Å²) in [6.07, 6.45) is 1.25. The molecule has 1 aliphatic heterocycles. The van der Waals surface area contributed by atoms with E-state index in [-0.39, 0.29) is 11.5 Å². The summed E-state index contributed by atoms with van der Waals surface area (Å²) in [6.45, 7) is 2.09. The molecule has 1 nitrogen and oxygen atoms in total. The minimum absolute atomic E-state index is 0.0891. The normalized spacial score (nSPS) is 19.4. The Morgan fingerprint density at radius 3 is 2.94 bits per heavy atom. The molecule has 1 aromatic heterocycles. The maximum Gasteiger partial charge on any atom is 0.123 e. The smallest absolute Gasteiger partial charge is 0.123 e. The Balaban J connectivity index is 1.91. The summed E-state index contributed by atoms with van der Waals surface area (Å²) in [5, 5.41) is 2.00. The van der Waals surface area contributed by atoms with Gasteiger partial charge in [-0.1, -0.05) is 12.1 Å². The fraction of sp³-hybridized carbons (Fsp3) is 0.286. The molecular weight excluding hydrogens is 332 g/mol. The summed E-state index contributed by atoms with van der Waals surface area (Å²) in [5.41, 5.74) is 3.54. The number of benzene rings is 1. The third-order valence-corrected chi connectivity index (χ3v) is 5.12. The lowest BCUT2D eigenvalue weighted by Crippen LogP contribution is -2.05. The molecular formula is C14H12BrClOS. The van der Waals surface area contributed by atoms with Gasteiger partial charge in [-0.25, -0.2) is 0 Å². The second-order valence-corrected chi connectivity index (χ2v) is 7.27. The predicted octanol–water partition coefficient (Wildman–Crippen LogP) is 5.16. The summed E-state index contributed by atoms with van der Waals surface area (Å²) < 4.78 is 6.82. The van der Waals surface area contributed by atoms with Crippen molar-refractivity contribution in [2.24, 2.45) is 0 Å². The lowest BCUT2D eigenvalue weighted by molar-refractivity contribution is 0.254. The van der Waals surface area contributed by atoms with Gasteiger partial charge in [-0.2, -0.15) is 0 Å². The zero-order valence-electron chi connectivity index (χ0n) is 9.82. The minimum atomic E-state index is -0.0891. The van der Waals surface area contributed by atoms with Gasteiger partial charge in [0.2, 0.25) is 0 Å². The van der Waals surface area contributed by atoms with Gasteiger partial charge < -0.3 is 4.74 Å². The molecule has 2 aromatic rings. The maximum atomic E-state index is 6.53. The van der Waals surface area contributed by atoms with E-state index >= 15 is 0 Å². The molecule has 0 saturated carbocycles. The zero-order chi connectivity index (χ0) is 12.7. The van der Waals surface area contributed by atoms with Crippen LogP contribution in [0.1, 0.15) is 29.0 Å². The highest BCUT2D eigenvalue weighted by atomic mass is 79.9.